The Hall–Kier alpha value is -1.90. The molecule has 0 radical (unpaired) electrons. The van der Waals surface area contributed by atoms with Gasteiger partial charge in [-0.25, -0.2) is 0 Å². The summed E-state index contributed by atoms with van der Waals surface area (Å²) in [5, 5.41) is 11.3. The first-order valence-corrected chi connectivity index (χ1v) is 6.45. The Morgan fingerprint density at radius 2 is 1.25 bits per heavy atom. The fourth-order valence-corrected chi connectivity index (χ4v) is 3.23. The van der Waals surface area contributed by atoms with Crippen molar-refractivity contribution in [1.29, 1.82) is 5.26 Å². The van der Waals surface area contributed by atoms with Gasteiger partial charge in [-0.1, -0.05) is 36.4 Å². The van der Waals surface area contributed by atoms with Crippen molar-refractivity contribution < 1.29 is 0 Å². The standard InChI is InChI=1S/C14H11NP/c15-11-12-16(13-7-3-1-4-8-13)14-9-5-2-6-10-14/h1-10,12H/q+1. The van der Waals surface area contributed by atoms with Crippen LogP contribution in [-0.2, 0) is 0 Å². The maximum Gasteiger partial charge on any atom is 0.195 e. The van der Waals surface area contributed by atoms with E-state index in [0.29, 0.717) is 0 Å². The van der Waals surface area contributed by atoms with E-state index in [-0.39, 0.29) is 0 Å². The number of benzene rings is 2. The van der Waals surface area contributed by atoms with Crippen molar-refractivity contribution in [2.75, 3.05) is 0 Å². The highest BCUT2D eigenvalue weighted by Gasteiger charge is 2.16. The Morgan fingerprint density at radius 1 is 0.812 bits per heavy atom. The highest BCUT2D eigenvalue weighted by molar-refractivity contribution is 7.72. The smallest absolute Gasteiger partial charge is 0.189 e. The minimum atomic E-state index is -0.637. The van der Waals surface area contributed by atoms with Crippen LogP contribution in [0, 0.1) is 11.3 Å². The average molecular weight is 224 g/mol. The third-order valence-corrected chi connectivity index (χ3v) is 4.34. The first-order valence-electron chi connectivity index (χ1n) is 5.04. The summed E-state index contributed by atoms with van der Waals surface area (Å²) in [5.74, 6) is 1.74. The number of hydrogen-bond acceptors (Lipinski definition) is 1. The van der Waals surface area contributed by atoms with E-state index in [0.717, 1.165) is 0 Å². The predicted molar refractivity (Wildman–Crippen MR) is 70.7 cm³/mol. The molecule has 0 amide bonds. The lowest BCUT2D eigenvalue weighted by Crippen LogP contribution is -2.07. The number of hydrogen-bond donors (Lipinski definition) is 0. The van der Waals surface area contributed by atoms with Crippen LogP contribution in [-0.4, -0.2) is 5.80 Å². The van der Waals surface area contributed by atoms with Crippen LogP contribution in [0.4, 0.5) is 0 Å². The summed E-state index contributed by atoms with van der Waals surface area (Å²) in [6.07, 6.45) is 0. The SMILES string of the molecule is N#CC=[P+](c1ccccc1)c1ccccc1. The number of nitriles is 1. The zero-order valence-corrected chi connectivity index (χ0v) is 9.64. The van der Waals surface area contributed by atoms with Crippen LogP contribution in [0.15, 0.2) is 60.7 Å². The van der Waals surface area contributed by atoms with Gasteiger partial charge in [-0.3, -0.25) is 0 Å². The second-order valence-electron chi connectivity index (χ2n) is 3.30. The quantitative estimate of drug-likeness (QED) is 0.719. The van der Waals surface area contributed by atoms with Gasteiger partial charge in [-0.15, -0.1) is 0 Å². The van der Waals surface area contributed by atoms with E-state index in [2.05, 4.69) is 30.3 Å². The Balaban J connectivity index is 2.50. The Kier molecular flexibility index (Phi) is 3.49. The van der Waals surface area contributed by atoms with Gasteiger partial charge in [-0.05, 0) is 24.3 Å². The molecule has 0 aliphatic rings. The second-order valence-corrected chi connectivity index (χ2v) is 5.33. The van der Waals surface area contributed by atoms with Gasteiger partial charge in [0.2, 0.25) is 0 Å². The summed E-state index contributed by atoms with van der Waals surface area (Å²) in [4.78, 5) is 0. The minimum absolute atomic E-state index is 0.637. The molecule has 2 aromatic rings. The van der Waals surface area contributed by atoms with E-state index in [1.165, 1.54) is 10.6 Å². The van der Waals surface area contributed by atoms with Crippen molar-refractivity contribution in [2.24, 2.45) is 0 Å². The summed E-state index contributed by atoms with van der Waals surface area (Å²) in [6, 6.07) is 22.5. The molecular formula is C14H11NP+. The van der Waals surface area contributed by atoms with Crippen molar-refractivity contribution in [3.63, 3.8) is 0 Å². The molecule has 0 aliphatic heterocycles. The third-order valence-electron chi connectivity index (χ3n) is 2.26. The molecule has 0 heterocycles. The van der Waals surface area contributed by atoms with E-state index in [4.69, 9.17) is 5.26 Å². The van der Waals surface area contributed by atoms with Crippen LogP contribution < -0.4 is 10.6 Å². The molecule has 0 bridgehead atoms. The largest absolute Gasteiger partial charge is 0.195 e. The maximum absolute atomic E-state index is 8.87. The molecule has 1 nitrogen and oxygen atoms in total. The summed E-state index contributed by atoms with van der Waals surface area (Å²) in [5.41, 5.74) is 0. The van der Waals surface area contributed by atoms with Gasteiger partial charge in [0, 0.05) is 0 Å². The first-order chi connectivity index (χ1) is 7.92. The fourth-order valence-electron chi connectivity index (χ4n) is 1.53. The van der Waals surface area contributed by atoms with Crippen LogP contribution in [0.1, 0.15) is 0 Å². The summed E-state index contributed by atoms with van der Waals surface area (Å²) >= 11 is 0. The average Bonchev–Trinajstić information content (AvgIpc) is 2.38. The molecule has 0 unspecified atom stereocenters. The zero-order valence-electron chi connectivity index (χ0n) is 8.75. The highest BCUT2D eigenvalue weighted by atomic mass is 31.1. The van der Waals surface area contributed by atoms with Crippen molar-refractivity contribution >= 4 is 24.0 Å². The van der Waals surface area contributed by atoms with Crippen molar-refractivity contribution in [2.45, 2.75) is 0 Å². The van der Waals surface area contributed by atoms with Gasteiger partial charge in [0.05, 0.1) is 0 Å². The van der Waals surface area contributed by atoms with Gasteiger partial charge >= 0.3 is 0 Å². The summed E-state index contributed by atoms with van der Waals surface area (Å²) in [7, 11) is -0.637. The van der Waals surface area contributed by atoms with E-state index in [1.54, 1.807) is 5.80 Å². The molecule has 0 saturated carbocycles. The normalized spacial score (nSPS) is 9.19. The molecule has 0 aromatic heterocycles. The molecule has 0 spiro atoms. The fraction of sp³-hybridized carbons (Fsp3) is 0. The number of rotatable bonds is 2. The van der Waals surface area contributed by atoms with Gasteiger partial charge in [0.1, 0.15) is 6.07 Å². The lowest BCUT2D eigenvalue weighted by atomic mass is 10.4. The molecular weight excluding hydrogens is 213 g/mol. The monoisotopic (exact) mass is 224 g/mol. The molecule has 0 atom stereocenters. The molecule has 76 valence electrons. The van der Waals surface area contributed by atoms with Gasteiger partial charge < -0.3 is 0 Å². The third kappa shape index (κ3) is 2.37. The number of nitrogens with zero attached hydrogens (tertiary/aromatic N) is 1. The Labute approximate surface area is 96.4 Å². The van der Waals surface area contributed by atoms with Gasteiger partial charge in [0.25, 0.3) is 0 Å². The Morgan fingerprint density at radius 3 is 1.62 bits per heavy atom. The van der Waals surface area contributed by atoms with E-state index >= 15 is 0 Å². The van der Waals surface area contributed by atoms with Gasteiger partial charge in [0.15, 0.2) is 24.0 Å². The molecule has 0 aliphatic carbocycles. The van der Waals surface area contributed by atoms with E-state index in [1.807, 2.05) is 36.4 Å². The van der Waals surface area contributed by atoms with Crippen LogP contribution >= 0.6 is 7.55 Å². The highest BCUT2D eigenvalue weighted by Crippen LogP contribution is 2.19. The van der Waals surface area contributed by atoms with Crippen LogP contribution in [0.2, 0.25) is 0 Å². The Bertz CT molecular complexity index is 482. The van der Waals surface area contributed by atoms with E-state index < -0.39 is 7.55 Å². The van der Waals surface area contributed by atoms with E-state index in [9.17, 15) is 0 Å². The molecule has 2 rings (SSSR count). The lowest BCUT2D eigenvalue weighted by molar-refractivity contribution is 1.56. The predicted octanol–water partition coefficient (Wildman–Crippen LogP) is 2.45. The first kappa shape index (κ1) is 10.6. The molecule has 16 heavy (non-hydrogen) atoms. The van der Waals surface area contributed by atoms with Crippen molar-refractivity contribution in [1.82, 2.24) is 0 Å². The molecule has 2 heteroatoms. The summed E-state index contributed by atoms with van der Waals surface area (Å²) in [6.45, 7) is 0. The topological polar surface area (TPSA) is 23.8 Å². The maximum atomic E-state index is 8.87. The molecule has 0 saturated heterocycles. The molecule has 0 fully saturated rings. The van der Waals surface area contributed by atoms with Crippen molar-refractivity contribution in [3.05, 3.63) is 60.7 Å². The van der Waals surface area contributed by atoms with Crippen LogP contribution in [0.3, 0.4) is 0 Å². The lowest BCUT2D eigenvalue weighted by Gasteiger charge is -1.94. The molecule has 0 N–H and O–H groups in total. The second kappa shape index (κ2) is 5.26. The molecule has 2 aromatic carbocycles. The van der Waals surface area contributed by atoms with Crippen LogP contribution in [0.5, 0.6) is 0 Å². The van der Waals surface area contributed by atoms with Crippen molar-refractivity contribution in [3.8, 4) is 6.07 Å². The van der Waals surface area contributed by atoms with Gasteiger partial charge in [-0.2, -0.15) is 5.26 Å². The van der Waals surface area contributed by atoms with Crippen LogP contribution in [0.25, 0.3) is 0 Å². The minimum Gasteiger partial charge on any atom is -0.189 e. The summed E-state index contributed by atoms with van der Waals surface area (Å²) < 4.78 is 0. The zero-order chi connectivity index (χ0) is 11.2.